The molecule has 0 aromatic rings. The lowest BCUT2D eigenvalue weighted by Gasteiger charge is -2.49. The molecule has 9 atom stereocenters. The van der Waals surface area contributed by atoms with E-state index < -0.39 is 29.4 Å². The van der Waals surface area contributed by atoms with Gasteiger partial charge in [-0.05, 0) is 63.0 Å². The van der Waals surface area contributed by atoms with Gasteiger partial charge in [0.2, 0.25) is 0 Å². The topological polar surface area (TPSA) is 94.5 Å². The summed E-state index contributed by atoms with van der Waals surface area (Å²) in [5.74, 6) is -1.55. The quantitative estimate of drug-likeness (QED) is 0.366. The second-order valence-electron chi connectivity index (χ2n) is 12.4. The van der Waals surface area contributed by atoms with Crippen LogP contribution in [0.3, 0.4) is 0 Å². The van der Waals surface area contributed by atoms with Gasteiger partial charge in [0.05, 0.1) is 24.9 Å². The summed E-state index contributed by atoms with van der Waals surface area (Å²) in [7, 11) is 1.59. The number of allylic oxidation sites excluding steroid dienone is 4. The summed E-state index contributed by atoms with van der Waals surface area (Å²) in [6.07, 6.45) is 13.3. The van der Waals surface area contributed by atoms with Gasteiger partial charge in [0.1, 0.15) is 17.6 Å². The maximum absolute atomic E-state index is 13.9. The first-order chi connectivity index (χ1) is 18.5. The molecule has 7 heteroatoms. The molecule has 3 heterocycles. The molecule has 0 radical (unpaired) electrons. The van der Waals surface area contributed by atoms with Crippen molar-refractivity contribution in [3.63, 3.8) is 0 Å². The number of hydrogen-bond donors (Lipinski definition) is 2. The maximum atomic E-state index is 13.9. The van der Waals surface area contributed by atoms with Gasteiger partial charge in [0, 0.05) is 32.8 Å². The van der Waals surface area contributed by atoms with Gasteiger partial charge in [-0.15, -0.1) is 0 Å². The number of carbonyl (C=O) groups is 1. The number of hydrogen-bond acceptors (Lipinski definition) is 7. The van der Waals surface area contributed by atoms with Gasteiger partial charge in [0.15, 0.2) is 5.79 Å². The molecule has 1 spiro atoms. The number of aliphatic hydroxyl groups excluding tert-OH is 1. The fourth-order valence-electron chi connectivity index (χ4n) is 6.66. The molecular formula is C32H48O7. The second-order valence-corrected chi connectivity index (χ2v) is 12.4. The SMILES string of the molecule is CO[C@H]1C[C@]2(O)/C(CO)=C\C=C\[C@H](C)C/C(C)=C\C[C@@H]3C[C@@H](C[C@]4(CC[C@H](C)[C@@H](C)O4)O3)OC(=O)[C@@H]2C=C1C. The van der Waals surface area contributed by atoms with E-state index in [4.69, 9.17) is 18.9 Å². The van der Waals surface area contributed by atoms with E-state index in [1.807, 2.05) is 13.0 Å². The van der Waals surface area contributed by atoms with Crippen LogP contribution in [0, 0.1) is 17.8 Å². The Morgan fingerprint density at radius 3 is 2.59 bits per heavy atom. The third-order valence-corrected chi connectivity index (χ3v) is 9.23. The van der Waals surface area contributed by atoms with Crippen molar-refractivity contribution in [1.82, 2.24) is 0 Å². The first kappa shape index (κ1) is 30.2. The zero-order valence-electron chi connectivity index (χ0n) is 24.5. The van der Waals surface area contributed by atoms with Crippen LogP contribution in [-0.4, -0.2) is 65.7 Å². The van der Waals surface area contributed by atoms with Crippen LogP contribution in [0.5, 0.6) is 0 Å². The summed E-state index contributed by atoms with van der Waals surface area (Å²) in [4.78, 5) is 13.9. The Hall–Kier alpha value is -1.77. The summed E-state index contributed by atoms with van der Waals surface area (Å²) in [6.45, 7) is 10.1. The fraction of sp³-hybridized carbons (Fsp3) is 0.719. The van der Waals surface area contributed by atoms with Crippen LogP contribution >= 0.6 is 0 Å². The largest absolute Gasteiger partial charge is 0.462 e. The Bertz CT molecular complexity index is 1010. The number of esters is 1. The number of fused-ring (bicyclic) bond motifs is 3. The minimum atomic E-state index is -1.64. The second kappa shape index (κ2) is 12.4. The van der Waals surface area contributed by atoms with Crippen molar-refractivity contribution in [1.29, 1.82) is 0 Å². The van der Waals surface area contributed by atoms with E-state index in [1.54, 1.807) is 19.3 Å². The number of aliphatic hydroxyl groups is 2. The highest BCUT2D eigenvalue weighted by atomic mass is 16.7. The molecule has 0 amide bonds. The van der Waals surface area contributed by atoms with Crippen molar-refractivity contribution < 1.29 is 34.0 Å². The van der Waals surface area contributed by atoms with Crippen molar-refractivity contribution in [3.05, 3.63) is 47.1 Å². The van der Waals surface area contributed by atoms with Crippen LogP contribution in [-0.2, 0) is 23.7 Å². The minimum Gasteiger partial charge on any atom is -0.462 e. The molecule has 2 saturated heterocycles. The predicted molar refractivity (Wildman–Crippen MR) is 150 cm³/mol. The molecular weight excluding hydrogens is 496 g/mol. The van der Waals surface area contributed by atoms with Crippen LogP contribution in [0.25, 0.3) is 0 Å². The fourth-order valence-corrected chi connectivity index (χ4v) is 6.66. The molecule has 3 aliphatic heterocycles. The van der Waals surface area contributed by atoms with Crippen molar-refractivity contribution in [2.24, 2.45) is 17.8 Å². The molecule has 4 rings (SSSR count). The Kier molecular flexibility index (Phi) is 9.60. The molecule has 218 valence electrons. The lowest BCUT2D eigenvalue weighted by Crippen LogP contribution is -2.55. The molecule has 39 heavy (non-hydrogen) atoms. The standard InChI is InChI=1S/C32H48O7/c1-20-8-7-9-25(19-33)32(35)18-29(36-6)23(4)15-28(32)30(34)37-27-16-26(11-10-21(2)14-20)39-31(17-27)13-12-22(3)24(5)38-31/h7-10,15,20,22,24,26-29,33,35H,11-14,16-19H2,1-6H3/b8-7+,21-10-,25-9-/t20-,22-,24+,26+,27-,28-,29-,31-,32-/m0/s1. The maximum Gasteiger partial charge on any atom is 0.316 e. The molecule has 2 N–H and O–H groups in total. The summed E-state index contributed by atoms with van der Waals surface area (Å²) < 4.78 is 25.0. The van der Waals surface area contributed by atoms with E-state index >= 15 is 0 Å². The molecule has 0 saturated carbocycles. The Labute approximate surface area is 233 Å². The Morgan fingerprint density at radius 2 is 1.90 bits per heavy atom. The van der Waals surface area contributed by atoms with Gasteiger partial charge in [0.25, 0.3) is 0 Å². The predicted octanol–water partition coefficient (Wildman–Crippen LogP) is 5.17. The Morgan fingerprint density at radius 1 is 1.13 bits per heavy atom. The van der Waals surface area contributed by atoms with E-state index in [0.717, 1.165) is 31.3 Å². The normalized spacial score (nSPS) is 45.7. The van der Waals surface area contributed by atoms with E-state index in [1.165, 1.54) is 5.57 Å². The average molecular weight is 545 g/mol. The van der Waals surface area contributed by atoms with Crippen LogP contribution < -0.4 is 0 Å². The third-order valence-electron chi connectivity index (χ3n) is 9.23. The summed E-state index contributed by atoms with van der Waals surface area (Å²) in [5.41, 5.74) is 0.863. The zero-order chi connectivity index (χ0) is 28.4. The van der Waals surface area contributed by atoms with Gasteiger partial charge >= 0.3 is 5.97 Å². The number of methoxy groups -OCH3 is 1. The smallest absolute Gasteiger partial charge is 0.316 e. The lowest BCUT2D eigenvalue weighted by atomic mass is 9.71. The molecule has 2 fully saturated rings. The van der Waals surface area contributed by atoms with Gasteiger partial charge in [-0.2, -0.15) is 0 Å². The molecule has 0 aromatic heterocycles. The van der Waals surface area contributed by atoms with Crippen molar-refractivity contribution in [2.45, 2.75) is 115 Å². The average Bonchev–Trinajstić information content (AvgIpc) is 2.88. The van der Waals surface area contributed by atoms with E-state index in [-0.39, 0.29) is 37.3 Å². The van der Waals surface area contributed by atoms with E-state index in [9.17, 15) is 15.0 Å². The molecule has 0 unspecified atom stereocenters. The van der Waals surface area contributed by atoms with Crippen molar-refractivity contribution in [3.8, 4) is 0 Å². The summed E-state index contributed by atoms with van der Waals surface area (Å²) >= 11 is 0. The molecule has 1 aliphatic carbocycles. The zero-order valence-corrected chi connectivity index (χ0v) is 24.5. The first-order valence-corrected chi connectivity index (χ1v) is 14.6. The van der Waals surface area contributed by atoms with E-state index in [2.05, 4.69) is 39.8 Å². The van der Waals surface area contributed by atoms with Gasteiger partial charge in [-0.25, -0.2) is 0 Å². The third kappa shape index (κ3) is 6.76. The van der Waals surface area contributed by atoms with Crippen molar-refractivity contribution >= 4 is 5.97 Å². The number of rotatable bonds is 2. The number of ether oxygens (including phenoxy) is 4. The van der Waals surface area contributed by atoms with Gasteiger partial charge < -0.3 is 29.2 Å². The van der Waals surface area contributed by atoms with Gasteiger partial charge in [-0.1, -0.05) is 49.8 Å². The highest BCUT2D eigenvalue weighted by Crippen LogP contribution is 2.44. The summed E-state index contributed by atoms with van der Waals surface area (Å²) in [5, 5.41) is 22.4. The molecule has 7 nitrogen and oxygen atoms in total. The van der Waals surface area contributed by atoms with Crippen LogP contribution in [0.1, 0.15) is 79.6 Å². The van der Waals surface area contributed by atoms with E-state index in [0.29, 0.717) is 24.3 Å². The van der Waals surface area contributed by atoms with Crippen LogP contribution in [0.4, 0.5) is 0 Å². The van der Waals surface area contributed by atoms with Crippen molar-refractivity contribution in [2.75, 3.05) is 13.7 Å². The number of carbonyl (C=O) groups excluding carboxylic acids is 1. The van der Waals surface area contributed by atoms with Gasteiger partial charge in [-0.3, -0.25) is 4.79 Å². The van der Waals surface area contributed by atoms with Crippen LogP contribution in [0.2, 0.25) is 0 Å². The Balaban J connectivity index is 1.73. The molecule has 0 aromatic carbocycles. The highest BCUT2D eigenvalue weighted by molar-refractivity contribution is 5.78. The summed E-state index contributed by atoms with van der Waals surface area (Å²) in [6, 6.07) is 0. The van der Waals surface area contributed by atoms with Crippen LogP contribution in [0.15, 0.2) is 47.1 Å². The monoisotopic (exact) mass is 544 g/mol. The molecule has 4 aliphatic rings. The highest BCUT2D eigenvalue weighted by Gasteiger charge is 2.51. The minimum absolute atomic E-state index is 0.0499. The lowest BCUT2D eigenvalue weighted by molar-refractivity contribution is -0.332. The first-order valence-electron chi connectivity index (χ1n) is 14.6. The molecule has 2 bridgehead atoms.